The second kappa shape index (κ2) is 68.2. The van der Waals surface area contributed by atoms with Crippen LogP contribution in [0.4, 0.5) is 0 Å². The van der Waals surface area contributed by atoms with E-state index in [0.29, 0.717) is 17.3 Å². The smallest absolute Gasteiger partial charge is 0.164 e. The summed E-state index contributed by atoms with van der Waals surface area (Å²) in [5.41, 5.74) is 29.7. The molecule has 0 bridgehead atoms. The number of carbonyl (C=O) groups is 4. The largest absolute Gasteiger partial charge is 0.512 e. The molecule has 4 radical (unpaired) electrons. The SMILES string of the molecule is CC(=O)C=C(C)O.CCC(CC)C(=O)C(C)=C(O)C(CC)CC.CCC(CC)C(=O)C=C(O)C(CC)CC.CCC(CC)C(=O)C=C(O)C(CC)CC.CCCc1cccc2nc(-c3[c-]c(C)cc(C)c3)ccc12.Cc1[c-]c(-c2ccc3c(-c4ccc(C)cc4)cccc3n2)cc(C)c1.Cc1[c-]c(-c2ccc3ccc(C4CCCC4)cc3n2)cc(C)c1.Cc1cc[c-]c(-c2ccc3c(C4CCCCC4)cccc3n2)c1.[Ir].[Ir].[Ir].[Ir]. The molecule has 2 fully saturated rings. The van der Waals surface area contributed by atoms with E-state index >= 15 is 0 Å². The van der Waals surface area contributed by atoms with Gasteiger partial charge in [-0.05, 0) is 229 Å². The third-order valence-electron chi connectivity index (χ3n) is 28.4. The van der Waals surface area contributed by atoms with Crippen LogP contribution in [0.15, 0.2) is 247 Å². The molecule has 149 heavy (non-hydrogen) atoms. The molecule has 0 amide bonds. The number of hydrogen-bond donors (Lipinski definition) is 4. The second-order valence-corrected chi connectivity index (χ2v) is 39.8. The van der Waals surface area contributed by atoms with Gasteiger partial charge in [0, 0.05) is 156 Å². The maximum Gasteiger partial charge on any atom is 0.164 e. The summed E-state index contributed by atoms with van der Waals surface area (Å²) >= 11 is 0. The van der Waals surface area contributed by atoms with Gasteiger partial charge < -0.3 is 20.4 Å². The molecule has 4 N–H and O–H groups in total. The number of hydrogen-bond acceptors (Lipinski definition) is 12. The minimum atomic E-state index is -0.125. The minimum Gasteiger partial charge on any atom is -0.512 e. The first-order valence-corrected chi connectivity index (χ1v) is 54.0. The number of aliphatic hydroxyl groups excluding tert-OH is 4. The molecule has 0 aliphatic heterocycles. The van der Waals surface area contributed by atoms with E-state index in [1.54, 1.807) is 6.92 Å². The average Bonchev–Trinajstić information content (AvgIpc) is 0.971. The second-order valence-electron chi connectivity index (χ2n) is 39.8. The standard InChI is InChI=1S/C24H20N.2C22H22N.C20H20N.C14H26O2.2C13H24O2.C5H8O2.4Ir/c1-16-7-9-19(10-8-16)21-5-4-6-24-22(21)11-12-23(25-24)20-14-17(2)13-18(3)15-20;1-15-11-16(2)13-20(12-15)21-10-9-18-7-8-19(14-22(18)23-21)17-5-3-4-6-17;1-16-7-5-10-18(15-16)21-14-13-20-19(11-6-12-22(20)23-21)17-8-3-2-4-9-17;1-4-6-16-7-5-8-20-18(16)9-10-19(21-20)17-12-14(2)11-15(3)13-17;1-6-11(7-2)13(15)10(5)14(16)12(8-3)9-4;2*1-5-10(6-2)12(14)9-13(15)11(7-3)8-4;1-4(6)3-5(2)7;;;;/h4-14H,1-3H3;7-12,14,17H,3-6H2,1-2H3;5-7,11-15,17H,2-4,8-9H2,1H3;5,7-12H,4,6H2,1-3H3;11-12,15H,6-9H2,1-5H3;2*9-11,14H,5-8H2,1-4H3;3,6H,1-2H3;;;;/q4*-1;;;;;;;;. The van der Waals surface area contributed by atoms with Gasteiger partial charge in [0.2, 0.25) is 0 Å². The van der Waals surface area contributed by atoms with E-state index in [1.165, 1.54) is 173 Å². The monoisotopic (exact) mass is 2720 g/mol. The van der Waals surface area contributed by atoms with Crippen LogP contribution in [0.1, 0.15) is 325 Å². The number of fused-ring (bicyclic) bond motifs is 4. The Kier molecular flexibility index (Phi) is 60.1. The summed E-state index contributed by atoms with van der Waals surface area (Å²) in [5, 5.41) is 42.9. The normalized spacial score (nSPS) is 12.7. The van der Waals surface area contributed by atoms with E-state index < -0.39 is 0 Å². The van der Waals surface area contributed by atoms with Crippen molar-refractivity contribution >= 4 is 66.7 Å². The quantitative estimate of drug-likeness (QED) is 0.0182. The molecule has 9 aromatic carbocycles. The Bertz CT molecular complexity index is 6380. The number of rotatable bonds is 31. The molecule has 0 atom stereocenters. The van der Waals surface area contributed by atoms with Crippen LogP contribution in [0.2, 0.25) is 0 Å². The molecule has 2 saturated carbocycles. The molecule has 0 saturated heterocycles. The van der Waals surface area contributed by atoms with Gasteiger partial charge in [-0.25, -0.2) is 0 Å². The number of aromatic nitrogens is 4. The Balaban J connectivity index is 0.000000359. The first-order valence-electron chi connectivity index (χ1n) is 54.0. The minimum absolute atomic E-state index is 0. The summed E-state index contributed by atoms with van der Waals surface area (Å²) in [5.74, 6) is 3.11. The molecule has 12 nitrogen and oxygen atoms in total. The predicted octanol–water partition coefficient (Wildman–Crippen LogP) is 36.6. The molecular weight excluding hydrogens is 2550 g/mol. The van der Waals surface area contributed by atoms with Crippen LogP contribution in [-0.2, 0) is 106 Å². The number of aryl methyl sites for hydroxylation is 9. The van der Waals surface area contributed by atoms with E-state index in [1.807, 2.05) is 89.2 Å². The summed E-state index contributed by atoms with van der Waals surface area (Å²) < 4.78 is 0. The average molecular weight is 2720 g/mol. The molecule has 15 rings (SSSR count). The molecule has 4 heterocycles. The van der Waals surface area contributed by atoms with Gasteiger partial charge in [-0.3, -0.25) is 39.1 Å². The van der Waals surface area contributed by atoms with Gasteiger partial charge in [0.25, 0.3) is 0 Å². The van der Waals surface area contributed by atoms with Crippen molar-refractivity contribution in [3.8, 4) is 56.2 Å². The van der Waals surface area contributed by atoms with Crippen molar-refractivity contribution in [1.29, 1.82) is 0 Å². The zero-order valence-corrected chi connectivity index (χ0v) is 103. The van der Waals surface area contributed by atoms with Crippen molar-refractivity contribution in [2.24, 2.45) is 35.5 Å². The first-order chi connectivity index (χ1) is 69.6. The molecule has 16 heteroatoms. The number of aliphatic hydroxyl groups is 4. The maximum atomic E-state index is 12.1. The molecule has 2 aliphatic rings. The molecule has 0 spiro atoms. The van der Waals surface area contributed by atoms with E-state index in [0.717, 1.165) is 174 Å². The molecule has 2 aliphatic carbocycles. The zero-order chi connectivity index (χ0) is 106. The first kappa shape index (κ1) is 131. The molecular formula is C133H166Ir4N4O8-4. The Morgan fingerprint density at radius 2 is 0.745 bits per heavy atom. The molecule has 806 valence electrons. The summed E-state index contributed by atoms with van der Waals surface area (Å²) in [6.45, 7) is 47.9. The van der Waals surface area contributed by atoms with Crippen molar-refractivity contribution in [3.63, 3.8) is 0 Å². The van der Waals surface area contributed by atoms with E-state index in [-0.39, 0.29) is 156 Å². The number of nitrogens with zero attached hydrogens (tertiary/aromatic N) is 4. The van der Waals surface area contributed by atoms with Gasteiger partial charge in [0.05, 0.1) is 39.3 Å². The van der Waals surface area contributed by atoms with Crippen LogP contribution in [0.5, 0.6) is 0 Å². The van der Waals surface area contributed by atoms with Crippen molar-refractivity contribution in [2.75, 3.05) is 0 Å². The van der Waals surface area contributed by atoms with Crippen molar-refractivity contribution in [1.82, 2.24) is 19.9 Å². The van der Waals surface area contributed by atoms with Crippen LogP contribution in [0, 0.1) is 115 Å². The summed E-state index contributed by atoms with van der Waals surface area (Å²) in [4.78, 5) is 65.1. The molecule has 13 aromatic rings. The zero-order valence-electron chi connectivity index (χ0n) is 93.2. The number of allylic oxidation sites excluding steroid dienone is 8. The van der Waals surface area contributed by atoms with Crippen LogP contribution < -0.4 is 0 Å². The van der Waals surface area contributed by atoms with E-state index in [4.69, 9.17) is 25.0 Å². The third-order valence-corrected chi connectivity index (χ3v) is 28.4. The fraction of sp³-hybridized carbons (Fsp3) is 0.414. The van der Waals surface area contributed by atoms with Crippen molar-refractivity contribution < 1.29 is 120 Å². The number of pyridine rings is 4. The summed E-state index contributed by atoms with van der Waals surface area (Å²) in [6, 6.07) is 84.8. The maximum absolute atomic E-state index is 12.1. The van der Waals surface area contributed by atoms with Gasteiger partial charge in [0.15, 0.2) is 23.1 Å². The van der Waals surface area contributed by atoms with Gasteiger partial charge in [-0.1, -0.05) is 304 Å². The van der Waals surface area contributed by atoms with Crippen LogP contribution in [-0.4, -0.2) is 63.5 Å². The van der Waals surface area contributed by atoms with Gasteiger partial charge in [0.1, 0.15) is 5.76 Å². The van der Waals surface area contributed by atoms with Gasteiger partial charge in [-0.2, -0.15) is 0 Å². The van der Waals surface area contributed by atoms with Crippen molar-refractivity contribution in [2.45, 2.75) is 326 Å². The Morgan fingerprint density at radius 1 is 0.356 bits per heavy atom. The van der Waals surface area contributed by atoms with Crippen molar-refractivity contribution in [3.05, 3.63) is 332 Å². The van der Waals surface area contributed by atoms with E-state index in [9.17, 15) is 34.5 Å². The Labute approximate surface area is 948 Å². The number of ketones is 4. The predicted molar refractivity (Wildman–Crippen MR) is 612 cm³/mol. The topological polar surface area (TPSA) is 201 Å². The van der Waals surface area contributed by atoms with E-state index in [2.05, 4.69) is 281 Å². The molecule has 4 aromatic heterocycles. The van der Waals surface area contributed by atoms with Crippen LogP contribution in [0.3, 0.4) is 0 Å². The number of carbonyl (C=O) groups excluding carboxylic acids is 4. The fourth-order valence-corrected chi connectivity index (χ4v) is 19.8. The summed E-state index contributed by atoms with van der Waals surface area (Å²) in [6.07, 6.45) is 28.9. The summed E-state index contributed by atoms with van der Waals surface area (Å²) in [7, 11) is 0. The Morgan fingerprint density at radius 3 is 1.17 bits per heavy atom. The Hall–Kier alpha value is -9.94. The molecule has 0 unspecified atom stereocenters. The van der Waals surface area contributed by atoms with Gasteiger partial charge >= 0.3 is 0 Å². The van der Waals surface area contributed by atoms with Gasteiger partial charge in [-0.15, -0.1) is 140 Å². The van der Waals surface area contributed by atoms with Crippen LogP contribution >= 0.6 is 0 Å². The third kappa shape index (κ3) is 40.5. The van der Waals surface area contributed by atoms with Crippen LogP contribution in [0.25, 0.3) is 99.8 Å². The number of benzene rings is 9. The number of Topliss-reactive ketones (excluding diaryl/α,β-unsaturated/α-hetero) is 1. The fourth-order valence-electron chi connectivity index (χ4n) is 19.8.